The molecule has 0 spiro atoms. The summed E-state index contributed by atoms with van der Waals surface area (Å²) < 4.78 is 2.06. The molecule has 0 bridgehead atoms. The number of aryl methyl sites for hydroxylation is 1. The van der Waals surface area contributed by atoms with E-state index in [1.165, 1.54) is 12.8 Å². The lowest BCUT2D eigenvalue weighted by Gasteiger charge is -2.28. The largest absolute Gasteiger partial charge is 0.382 e. The molecular formula is C26H30N4O. The van der Waals surface area contributed by atoms with Gasteiger partial charge >= 0.3 is 0 Å². The summed E-state index contributed by atoms with van der Waals surface area (Å²) in [7, 11) is 0. The second kappa shape index (κ2) is 8.90. The predicted octanol–water partition coefficient (Wildman–Crippen LogP) is 5.36. The van der Waals surface area contributed by atoms with E-state index in [0.29, 0.717) is 12.2 Å². The van der Waals surface area contributed by atoms with E-state index in [0.717, 1.165) is 46.6 Å². The standard InChI is InChI=1S/C26H30N4O/c1-3-5-7-12-22-29-23(24-25(27)28-17-18-30(22)24)19-13-15-21(16-14-19)26(31,4-2)20-10-8-6-9-11-20/h6,8-11,13-18,31H,3-5,7,12H2,1-2H3,(H2,27,28). The van der Waals surface area contributed by atoms with E-state index in [4.69, 9.17) is 10.7 Å². The van der Waals surface area contributed by atoms with Crippen molar-refractivity contribution in [3.63, 3.8) is 0 Å². The molecule has 0 fully saturated rings. The maximum absolute atomic E-state index is 11.4. The highest BCUT2D eigenvalue weighted by molar-refractivity contribution is 5.85. The monoisotopic (exact) mass is 414 g/mol. The van der Waals surface area contributed by atoms with Crippen LogP contribution in [0.1, 0.15) is 56.5 Å². The number of fused-ring (bicyclic) bond motifs is 1. The number of benzene rings is 2. The molecular weight excluding hydrogens is 384 g/mol. The molecule has 0 aliphatic heterocycles. The first kappa shape index (κ1) is 21.1. The van der Waals surface area contributed by atoms with E-state index in [9.17, 15) is 5.11 Å². The van der Waals surface area contributed by atoms with Crippen molar-refractivity contribution in [2.24, 2.45) is 0 Å². The lowest BCUT2D eigenvalue weighted by molar-refractivity contribution is 0.0765. The highest BCUT2D eigenvalue weighted by Gasteiger charge is 2.29. The van der Waals surface area contributed by atoms with Gasteiger partial charge in [-0.2, -0.15) is 0 Å². The summed E-state index contributed by atoms with van der Waals surface area (Å²) in [5, 5.41) is 11.4. The molecule has 1 unspecified atom stereocenters. The second-order valence-corrected chi connectivity index (χ2v) is 8.02. The van der Waals surface area contributed by atoms with Crippen molar-refractivity contribution in [3.05, 3.63) is 83.9 Å². The topological polar surface area (TPSA) is 76.4 Å². The van der Waals surface area contributed by atoms with E-state index in [2.05, 4.69) is 16.3 Å². The van der Waals surface area contributed by atoms with Gasteiger partial charge in [0, 0.05) is 24.4 Å². The maximum atomic E-state index is 11.4. The van der Waals surface area contributed by atoms with E-state index >= 15 is 0 Å². The zero-order chi connectivity index (χ0) is 21.8. The highest BCUT2D eigenvalue weighted by atomic mass is 16.3. The van der Waals surface area contributed by atoms with Crippen molar-refractivity contribution >= 4 is 11.3 Å². The summed E-state index contributed by atoms with van der Waals surface area (Å²) >= 11 is 0. The molecule has 31 heavy (non-hydrogen) atoms. The van der Waals surface area contributed by atoms with Gasteiger partial charge in [-0.1, -0.05) is 81.3 Å². The molecule has 3 N–H and O–H groups in total. The van der Waals surface area contributed by atoms with Crippen molar-refractivity contribution in [1.82, 2.24) is 14.4 Å². The molecule has 5 heteroatoms. The van der Waals surface area contributed by atoms with Crippen molar-refractivity contribution in [2.75, 3.05) is 5.73 Å². The Hall–Kier alpha value is -3.18. The zero-order valence-corrected chi connectivity index (χ0v) is 18.3. The van der Waals surface area contributed by atoms with Gasteiger partial charge in [-0.05, 0) is 24.0 Å². The molecule has 0 amide bonds. The zero-order valence-electron chi connectivity index (χ0n) is 18.3. The van der Waals surface area contributed by atoms with Crippen molar-refractivity contribution in [3.8, 4) is 11.3 Å². The first-order chi connectivity index (χ1) is 15.1. The average Bonchev–Trinajstić information content (AvgIpc) is 3.19. The summed E-state index contributed by atoms with van der Waals surface area (Å²) in [5.74, 6) is 1.48. The molecule has 2 aromatic heterocycles. The summed E-state index contributed by atoms with van der Waals surface area (Å²) in [6, 6.07) is 17.8. The Morgan fingerprint density at radius 1 is 0.968 bits per heavy atom. The van der Waals surface area contributed by atoms with Gasteiger partial charge in [-0.15, -0.1) is 0 Å². The van der Waals surface area contributed by atoms with Crippen LogP contribution in [0.15, 0.2) is 67.0 Å². The molecule has 1 atom stereocenters. The quantitative estimate of drug-likeness (QED) is 0.381. The fourth-order valence-corrected chi connectivity index (χ4v) is 4.23. The molecule has 4 aromatic rings. The number of hydrogen-bond acceptors (Lipinski definition) is 4. The van der Waals surface area contributed by atoms with Crippen LogP contribution in [0.5, 0.6) is 0 Å². The summed E-state index contributed by atoms with van der Waals surface area (Å²) in [5.41, 5.74) is 9.62. The number of hydrogen-bond donors (Lipinski definition) is 2. The van der Waals surface area contributed by atoms with Crippen LogP contribution in [0, 0.1) is 0 Å². The van der Waals surface area contributed by atoms with E-state index in [1.807, 2.05) is 67.7 Å². The van der Waals surface area contributed by atoms with Gasteiger partial charge in [0.1, 0.15) is 28.5 Å². The normalized spacial score (nSPS) is 13.4. The smallest absolute Gasteiger partial charge is 0.150 e. The van der Waals surface area contributed by atoms with Gasteiger partial charge in [-0.25, -0.2) is 9.97 Å². The van der Waals surface area contributed by atoms with Crippen molar-refractivity contribution < 1.29 is 5.11 Å². The summed E-state index contributed by atoms with van der Waals surface area (Å²) in [4.78, 5) is 9.23. The van der Waals surface area contributed by atoms with Crippen LogP contribution < -0.4 is 5.73 Å². The fraction of sp³-hybridized carbons (Fsp3) is 0.308. The number of nitrogens with two attached hydrogens (primary N) is 1. The molecule has 2 heterocycles. The van der Waals surface area contributed by atoms with Gasteiger partial charge in [0.25, 0.3) is 0 Å². The van der Waals surface area contributed by atoms with Crippen LogP contribution in [0.3, 0.4) is 0 Å². The maximum Gasteiger partial charge on any atom is 0.150 e. The summed E-state index contributed by atoms with van der Waals surface area (Å²) in [6.45, 7) is 4.20. The number of nitrogen functional groups attached to an aromatic ring is 1. The number of nitrogens with zero attached hydrogens (tertiary/aromatic N) is 3. The van der Waals surface area contributed by atoms with Crippen LogP contribution in [0.2, 0.25) is 0 Å². The van der Waals surface area contributed by atoms with E-state index < -0.39 is 5.60 Å². The summed E-state index contributed by atoms with van der Waals surface area (Å²) in [6.07, 6.45) is 8.58. The minimum absolute atomic E-state index is 0.477. The van der Waals surface area contributed by atoms with Crippen LogP contribution >= 0.6 is 0 Å². The third kappa shape index (κ3) is 3.93. The molecule has 0 aliphatic rings. The Morgan fingerprint density at radius 3 is 2.35 bits per heavy atom. The Labute approximate surface area is 183 Å². The van der Waals surface area contributed by atoms with Crippen LogP contribution in [0.4, 0.5) is 5.82 Å². The first-order valence-corrected chi connectivity index (χ1v) is 11.1. The van der Waals surface area contributed by atoms with Gasteiger partial charge in [0.2, 0.25) is 0 Å². The Kier molecular flexibility index (Phi) is 6.05. The number of unbranched alkanes of at least 4 members (excludes halogenated alkanes) is 2. The fourth-order valence-electron chi connectivity index (χ4n) is 4.23. The van der Waals surface area contributed by atoms with Crippen LogP contribution in [-0.2, 0) is 12.0 Å². The second-order valence-electron chi connectivity index (χ2n) is 8.02. The molecule has 4 rings (SSSR count). The Balaban J connectivity index is 1.74. The molecule has 0 saturated carbocycles. The van der Waals surface area contributed by atoms with Gasteiger partial charge in [0.05, 0.1) is 0 Å². The predicted molar refractivity (Wildman–Crippen MR) is 126 cm³/mol. The van der Waals surface area contributed by atoms with Gasteiger partial charge < -0.3 is 10.8 Å². The number of imidazole rings is 1. The van der Waals surface area contributed by atoms with Gasteiger partial charge in [-0.3, -0.25) is 4.40 Å². The first-order valence-electron chi connectivity index (χ1n) is 11.1. The minimum Gasteiger partial charge on any atom is -0.382 e. The number of aromatic nitrogens is 3. The van der Waals surface area contributed by atoms with E-state index in [1.54, 1.807) is 6.20 Å². The third-order valence-corrected chi connectivity index (χ3v) is 6.06. The molecule has 5 nitrogen and oxygen atoms in total. The molecule has 0 aliphatic carbocycles. The average molecular weight is 415 g/mol. The molecule has 0 saturated heterocycles. The Morgan fingerprint density at radius 2 is 1.68 bits per heavy atom. The molecule has 0 radical (unpaired) electrons. The number of rotatable bonds is 8. The van der Waals surface area contributed by atoms with Gasteiger partial charge in [0.15, 0.2) is 0 Å². The van der Waals surface area contributed by atoms with Crippen LogP contribution in [0.25, 0.3) is 16.8 Å². The minimum atomic E-state index is -1.03. The van der Waals surface area contributed by atoms with Crippen LogP contribution in [-0.4, -0.2) is 19.5 Å². The number of anilines is 1. The van der Waals surface area contributed by atoms with Crippen molar-refractivity contribution in [2.45, 2.75) is 51.6 Å². The molecule has 160 valence electrons. The number of aliphatic hydroxyl groups is 1. The van der Waals surface area contributed by atoms with E-state index in [-0.39, 0.29) is 0 Å². The van der Waals surface area contributed by atoms with Crippen molar-refractivity contribution in [1.29, 1.82) is 0 Å². The lowest BCUT2D eigenvalue weighted by Crippen LogP contribution is -2.26. The lowest BCUT2D eigenvalue weighted by atomic mass is 9.84. The highest BCUT2D eigenvalue weighted by Crippen LogP contribution is 2.35. The SMILES string of the molecule is CCCCCc1nc(-c2ccc(C(O)(CC)c3ccccc3)cc2)c2c(N)nccn12. The third-order valence-electron chi connectivity index (χ3n) is 6.06. The molecule has 2 aromatic carbocycles. The Bertz CT molecular complexity index is 1150.